The molecule has 8 heteroatoms. The molecule has 0 fully saturated rings. The average Bonchev–Trinajstić information content (AvgIpc) is 2.87. The minimum Gasteiger partial charge on any atom is -0.493 e. The van der Waals surface area contributed by atoms with Crippen molar-refractivity contribution >= 4 is 28.1 Å². The standard InChI is InChI=1S/C27H29BrN2O5/c1-4-13-34-23-12-11-21(16-24(23)33-5-2)27(31)30-29-17-20-14-22(28)26(25(15-20)32-3)35-18-19-9-7-6-8-10-19/h6-12,14-17H,4-5,13,18H2,1-3H3,(H,30,31)/b29-17+. The van der Waals surface area contributed by atoms with Gasteiger partial charge in [0.15, 0.2) is 23.0 Å². The average molecular weight is 541 g/mol. The highest BCUT2D eigenvalue weighted by Crippen LogP contribution is 2.37. The van der Waals surface area contributed by atoms with Crippen molar-refractivity contribution in [3.8, 4) is 23.0 Å². The first-order valence-electron chi connectivity index (χ1n) is 11.3. The third-order valence-corrected chi connectivity index (χ3v) is 5.41. The first-order valence-corrected chi connectivity index (χ1v) is 12.1. The van der Waals surface area contributed by atoms with E-state index in [1.807, 2.05) is 50.2 Å². The number of nitrogens with zero attached hydrogens (tertiary/aromatic N) is 1. The lowest BCUT2D eigenvalue weighted by Gasteiger charge is -2.13. The molecule has 35 heavy (non-hydrogen) atoms. The molecule has 0 aliphatic heterocycles. The lowest BCUT2D eigenvalue weighted by atomic mass is 10.2. The molecule has 0 saturated carbocycles. The molecule has 0 aliphatic carbocycles. The Balaban J connectivity index is 1.67. The summed E-state index contributed by atoms with van der Waals surface area (Å²) in [6.45, 7) is 5.36. The van der Waals surface area contributed by atoms with E-state index in [2.05, 4.69) is 26.5 Å². The lowest BCUT2D eigenvalue weighted by molar-refractivity contribution is 0.0954. The summed E-state index contributed by atoms with van der Waals surface area (Å²) in [5.74, 6) is 1.91. The molecular weight excluding hydrogens is 512 g/mol. The SMILES string of the molecule is CCCOc1ccc(C(=O)N/N=C/c2cc(Br)c(OCc3ccccc3)c(OC)c2)cc1OCC. The van der Waals surface area contributed by atoms with Gasteiger partial charge in [-0.05, 0) is 70.7 Å². The minimum atomic E-state index is -0.363. The first-order chi connectivity index (χ1) is 17.0. The highest BCUT2D eigenvalue weighted by Gasteiger charge is 2.13. The van der Waals surface area contributed by atoms with Crippen molar-refractivity contribution in [3.05, 3.63) is 81.8 Å². The van der Waals surface area contributed by atoms with E-state index in [0.29, 0.717) is 52.9 Å². The summed E-state index contributed by atoms with van der Waals surface area (Å²) in [6.07, 6.45) is 2.41. The van der Waals surface area contributed by atoms with E-state index in [9.17, 15) is 4.79 Å². The number of methoxy groups -OCH3 is 1. The second kappa shape index (κ2) is 13.4. The molecule has 3 aromatic rings. The molecule has 0 radical (unpaired) electrons. The van der Waals surface area contributed by atoms with E-state index in [1.165, 1.54) is 6.21 Å². The van der Waals surface area contributed by atoms with Crippen LogP contribution in [0.2, 0.25) is 0 Å². The summed E-state index contributed by atoms with van der Waals surface area (Å²) in [5.41, 5.74) is 4.73. The zero-order chi connectivity index (χ0) is 25.0. The van der Waals surface area contributed by atoms with Crippen molar-refractivity contribution in [2.75, 3.05) is 20.3 Å². The van der Waals surface area contributed by atoms with Crippen LogP contribution in [0.3, 0.4) is 0 Å². The predicted molar refractivity (Wildman–Crippen MR) is 140 cm³/mol. The Morgan fingerprint density at radius 3 is 2.49 bits per heavy atom. The van der Waals surface area contributed by atoms with Gasteiger partial charge in [-0.15, -0.1) is 0 Å². The van der Waals surface area contributed by atoms with Crippen LogP contribution in [0.15, 0.2) is 70.2 Å². The highest BCUT2D eigenvalue weighted by molar-refractivity contribution is 9.10. The van der Waals surface area contributed by atoms with Crippen LogP contribution in [-0.2, 0) is 6.61 Å². The lowest BCUT2D eigenvalue weighted by Crippen LogP contribution is -2.17. The maximum atomic E-state index is 12.6. The van der Waals surface area contributed by atoms with E-state index < -0.39 is 0 Å². The molecule has 0 saturated heterocycles. The van der Waals surface area contributed by atoms with E-state index in [-0.39, 0.29) is 5.91 Å². The summed E-state index contributed by atoms with van der Waals surface area (Å²) in [4.78, 5) is 12.6. The van der Waals surface area contributed by atoms with Crippen molar-refractivity contribution in [1.29, 1.82) is 0 Å². The molecule has 1 N–H and O–H groups in total. The Morgan fingerprint density at radius 1 is 0.971 bits per heavy atom. The van der Waals surface area contributed by atoms with E-state index in [0.717, 1.165) is 17.5 Å². The third-order valence-electron chi connectivity index (χ3n) is 4.82. The minimum absolute atomic E-state index is 0.363. The summed E-state index contributed by atoms with van der Waals surface area (Å²) >= 11 is 3.54. The fourth-order valence-corrected chi connectivity index (χ4v) is 3.74. The van der Waals surface area contributed by atoms with Crippen LogP contribution in [0.1, 0.15) is 41.8 Å². The number of halogens is 1. The van der Waals surface area contributed by atoms with Crippen LogP contribution in [0.25, 0.3) is 0 Å². The highest BCUT2D eigenvalue weighted by atomic mass is 79.9. The Kier molecular flexibility index (Phi) is 9.98. The molecular formula is C27H29BrN2O5. The normalized spacial score (nSPS) is 10.7. The first kappa shape index (κ1) is 26.1. The Bertz CT molecular complexity index is 1150. The number of rotatable bonds is 12. The largest absolute Gasteiger partial charge is 0.493 e. The molecule has 3 aromatic carbocycles. The molecule has 0 aromatic heterocycles. The van der Waals surface area contributed by atoms with Gasteiger partial charge in [-0.25, -0.2) is 5.43 Å². The zero-order valence-electron chi connectivity index (χ0n) is 20.0. The van der Waals surface area contributed by atoms with Crippen LogP contribution in [0, 0.1) is 0 Å². The molecule has 0 unspecified atom stereocenters. The molecule has 0 aliphatic rings. The van der Waals surface area contributed by atoms with Gasteiger partial charge in [0.25, 0.3) is 5.91 Å². The molecule has 184 valence electrons. The number of benzene rings is 3. The Labute approximate surface area is 214 Å². The summed E-state index contributed by atoms with van der Waals surface area (Å²) < 4.78 is 23.5. The zero-order valence-corrected chi connectivity index (χ0v) is 21.6. The molecule has 7 nitrogen and oxygen atoms in total. The van der Waals surface area contributed by atoms with Gasteiger partial charge in [0.05, 0.1) is 31.0 Å². The van der Waals surface area contributed by atoms with Gasteiger partial charge >= 0.3 is 0 Å². The number of nitrogens with one attached hydrogen (secondary N) is 1. The fourth-order valence-electron chi connectivity index (χ4n) is 3.16. The van der Waals surface area contributed by atoms with E-state index >= 15 is 0 Å². The van der Waals surface area contributed by atoms with Crippen LogP contribution < -0.4 is 24.4 Å². The number of hydrazone groups is 1. The van der Waals surface area contributed by atoms with E-state index in [4.69, 9.17) is 18.9 Å². The van der Waals surface area contributed by atoms with Gasteiger partial charge in [-0.1, -0.05) is 37.3 Å². The maximum absolute atomic E-state index is 12.6. The molecule has 1 amide bonds. The van der Waals surface area contributed by atoms with Crippen molar-refractivity contribution in [2.24, 2.45) is 5.10 Å². The number of hydrogen-bond donors (Lipinski definition) is 1. The number of hydrogen-bond acceptors (Lipinski definition) is 6. The van der Waals surface area contributed by atoms with E-state index in [1.54, 1.807) is 31.4 Å². The number of carbonyl (C=O) groups excluding carboxylic acids is 1. The van der Waals surface area contributed by atoms with Gasteiger partial charge in [0.1, 0.15) is 6.61 Å². The fraction of sp³-hybridized carbons (Fsp3) is 0.259. The Morgan fingerprint density at radius 2 is 1.77 bits per heavy atom. The summed E-state index contributed by atoms with van der Waals surface area (Å²) in [7, 11) is 1.57. The van der Waals surface area contributed by atoms with Gasteiger partial charge in [0, 0.05) is 5.56 Å². The van der Waals surface area contributed by atoms with Gasteiger partial charge in [0.2, 0.25) is 0 Å². The van der Waals surface area contributed by atoms with Crippen LogP contribution >= 0.6 is 15.9 Å². The number of carbonyl (C=O) groups is 1. The second-order valence-electron chi connectivity index (χ2n) is 7.45. The van der Waals surface area contributed by atoms with Crippen molar-refractivity contribution in [3.63, 3.8) is 0 Å². The van der Waals surface area contributed by atoms with Crippen molar-refractivity contribution in [1.82, 2.24) is 5.43 Å². The van der Waals surface area contributed by atoms with Crippen LogP contribution in [0.4, 0.5) is 0 Å². The monoisotopic (exact) mass is 540 g/mol. The van der Waals surface area contributed by atoms with Gasteiger partial charge < -0.3 is 18.9 Å². The third kappa shape index (κ3) is 7.48. The number of amides is 1. The van der Waals surface area contributed by atoms with Crippen LogP contribution in [0.5, 0.6) is 23.0 Å². The number of ether oxygens (including phenoxy) is 4. The van der Waals surface area contributed by atoms with Gasteiger partial charge in [-0.2, -0.15) is 5.10 Å². The molecule has 3 rings (SSSR count). The van der Waals surface area contributed by atoms with Crippen molar-refractivity contribution < 1.29 is 23.7 Å². The smallest absolute Gasteiger partial charge is 0.271 e. The molecule has 0 atom stereocenters. The van der Waals surface area contributed by atoms with Crippen LogP contribution in [-0.4, -0.2) is 32.4 Å². The maximum Gasteiger partial charge on any atom is 0.271 e. The van der Waals surface area contributed by atoms with Crippen molar-refractivity contribution in [2.45, 2.75) is 26.9 Å². The Hall–Kier alpha value is -3.52. The summed E-state index contributed by atoms with van der Waals surface area (Å²) in [5, 5.41) is 4.09. The quantitative estimate of drug-likeness (QED) is 0.225. The predicted octanol–water partition coefficient (Wildman–Crippen LogP) is 5.99. The van der Waals surface area contributed by atoms with Gasteiger partial charge in [-0.3, -0.25) is 4.79 Å². The molecule has 0 heterocycles. The summed E-state index contributed by atoms with van der Waals surface area (Å²) in [6, 6.07) is 18.6. The second-order valence-corrected chi connectivity index (χ2v) is 8.30. The molecule has 0 spiro atoms. The topological polar surface area (TPSA) is 78.4 Å². The molecule has 0 bridgehead atoms.